The van der Waals surface area contributed by atoms with Crippen LogP contribution in [0.2, 0.25) is 0 Å². The third-order valence-electron chi connectivity index (χ3n) is 2.75. The molecule has 0 saturated carbocycles. The molecule has 0 aromatic carbocycles. The third kappa shape index (κ3) is 3.23. The first-order chi connectivity index (χ1) is 7.70. The summed E-state index contributed by atoms with van der Waals surface area (Å²) < 4.78 is 0. The Bertz CT molecular complexity index is 253. The quantitative estimate of drug-likeness (QED) is 0.754. The summed E-state index contributed by atoms with van der Waals surface area (Å²) in [5, 5.41) is 9.70. The molecule has 0 saturated heterocycles. The fourth-order valence-corrected chi connectivity index (χ4v) is 1.68. The van der Waals surface area contributed by atoms with E-state index in [4.69, 9.17) is 0 Å². The van der Waals surface area contributed by atoms with E-state index in [1.54, 1.807) is 17.2 Å². The number of carbonyl (C=O) groups is 1. The van der Waals surface area contributed by atoms with Gasteiger partial charge >= 0.3 is 6.03 Å². The summed E-state index contributed by atoms with van der Waals surface area (Å²) >= 11 is 0. The maximum atomic E-state index is 12.0. The summed E-state index contributed by atoms with van der Waals surface area (Å²) in [7, 11) is 0. The smallest absolute Gasteiger partial charge is 0.326 e. The van der Waals surface area contributed by atoms with Crippen molar-refractivity contribution in [1.82, 2.24) is 9.80 Å². The van der Waals surface area contributed by atoms with E-state index in [9.17, 15) is 9.90 Å². The van der Waals surface area contributed by atoms with Crippen molar-refractivity contribution in [2.24, 2.45) is 0 Å². The molecule has 1 rings (SSSR count). The molecule has 4 heteroatoms. The average Bonchev–Trinajstić information content (AvgIpc) is 2.28. The van der Waals surface area contributed by atoms with Crippen LogP contribution in [0.3, 0.4) is 0 Å². The molecule has 1 N–H and O–H groups in total. The first kappa shape index (κ1) is 13.0. The van der Waals surface area contributed by atoms with Crippen LogP contribution in [0.5, 0.6) is 0 Å². The molecule has 2 amide bonds. The van der Waals surface area contributed by atoms with Gasteiger partial charge in [0.25, 0.3) is 0 Å². The monoisotopic (exact) mass is 226 g/mol. The highest BCUT2D eigenvalue weighted by Gasteiger charge is 2.27. The van der Waals surface area contributed by atoms with Gasteiger partial charge in [0, 0.05) is 19.3 Å². The summed E-state index contributed by atoms with van der Waals surface area (Å²) in [5.41, 5.74) is 0. The molecular weight excluding hydrogens is 204 g/mol. The number of rotatable bonds is 6. The number of hydrogen-bond acceptors (Lipinski definition) is 2. The Morgan fingerprint density at radius 2 is 1.88 bits per heavy atom. The van der Waals surface area contributed by atoms with Crippen LogP contribution in [-0.4, -0.2) is 40.3 Å². The number of carbonyl (C=O) groups excluding carboxylic acids is 1. The van der Waals surface area contributed by atoms with Gasteiger partial charge in [-0.15, -0.1) is 0 Å². The van der Waals surface area contributed by atoms with E-state index in [0.29, 0.717) is 6.54 Å². The van der Waals surface area contributed by atoms with Crippen molar-refractivity contribution in [3.05, 3.63) is 12.3 Å². The lowest BCUT2D eigenvalue weighted by atomic mass is 10.2. The van der Waals surface area contributed by atoms with Gasteiger partial charge in [-0.1, -0.05) is 26.7 Å². The van der Waals surface area contributed by atoms with Gasteiger partial charge in [0.2, 0.25) is 0 Å². The van der Waals surface area contributed by atoms with Crippen LogP contribution in [0.25, 0.3) is 0 Å². The van der Waals surface area contributed by atoms with E-state index in [2.05, 4.69) is 13.8 Å². The molecule has 1 aliphatic rings. The Balaban J connectivity index is 2.57. The molecule has 0 aliphatic carbocycles. The molecule has 0 fully saturated rings. The Hall–Kier alpha value is -1.03. The second kappa shape index (κ2) is 6.53. The molecule has 1 aliphatic heterocycles. The summed E-state index contributed by atoms with van der Waals surface area (Å²) in [6.45, 7) is 5.54. The Kier molecular flexibility index (Phi) is 5.32. The van der Waals surface area contributed by atoms with Crippen LogP contribution in [0.15, 0.2) is 12.3 Å². The number of amides is 2. The molecule has 0 radical (unpaired) electrons. The molecule has 0 aromatic heterocycles. The van der Waals surface area contributed by atoms with Crippen LogP contribution in [-0.2, 0) is 0 Å². The Labute approximate surface area is 97.5 Å². The van der Waals surface area contributed by atoms with Crippen molar-refractivity contribution in [2.45, 2.75) is 45.8 Å². The zero-order chi connectivity index (χ0) is 12.0. The Morgan fingerprint density at radius 3 is 2.50 bits per heavy atom. The molecule has 1 unspecified atom stereocenters. The van der Waals surface area contributed by atoms with Crippen molar-refractivity contribution in [2.75, 3.05) is 13.1 Å². The number of aliphatic hydroxyl groups excluding tert-OH is 1. The van der Waals surface area contributed by atoms with Gasteiger partial charge in [0.05, 0.1) is 0 Å². The van der Waals surface area contributed by atoms with Gasteiger partial charge in [0.1, 0.15) is 0 Å². The normalized spacial score (nSPS) is 20.7. The predicted octanol–water partition coefficient (Wildman–Crippen LogP) is 2.16. The summed E-state index contributed by atoms with van der Waals surface area (Å²) in [6.07, 6.45) is 6.63. The van der Waals surface area contributed by atoms with Gasteiger partial charge < -0.3 is 10.0 Å². The van der Waals surface area contributed by atoms with E-state index in [-0.39, 0.29) is 6.03 Å². The number of nitrogens with zero attached hydrogens (tertiary/aromatic N) is 2. The van der Waals surface area contributed by atoms with Crippen LogP contribution in [0.4, 0.5) is 4.79 Å². The number of hydrogen-bond donors (Lipinski definition) is 1. The van der Waals surface area contributed by atoms with Crippen molar-refractivity contribution >= 4 is 6.03 Å². The van der Waals surface area contributed by atoms with E-state index < -0.39 is 6.23 Å². The maximum Gasteiger partial charge on any atom is 0.326 e. The van der Waals surface area contributed by atoms with E-state index in [0.717, 1.165) is 32.2 Å². The molecule has 1 heterocycles. The van der Waals surface area contributed by atoms with Crippen LogP contribution in [0, 0.1) is 0 Å². The Morgan fingerprint density at radius 1 is 1.25 bits per heavy atom. The molecule has 0 bridgehead atoms. The number of urea groups is 1. The standard InChI is InChI=1S/C12H22N2O2/c1-3-5-8-13-10-7-11(15)14(12(13)16)9-6-4-2/h7,10-11,15H,3-6,8-9H2,1-2H3. The maximum absolute atomic E-state index is 12.0. The highest BCUT2D eigenvalue weighted by molar-refractivity contribution is 5.77. The molecule has 0 aromatic rings. The first-order valence-corrected chi connectivity index (χ1v) is 6.14. The number of aliphatic hydroxyl groups is 1. The molecular formula is C12H22N2O2. The van der Waals surface area contributed by atoms with Crippen molar-refractivity contribution in [3.8, 4) is 0 Å². The van der Waals surface area contributed by atoms with Crippen molar-refractivity contribution in [3.63, 3.8) is 0 Å². The lowest BCUT2D eigenvalue weighted by Gasteiger charge is -2.34. The van der Waals surface area contributed by atoms with Gasteiger partial charge in [-0.3, -0.25) is 4.90 Å². The highest BCUT2D eigenvalue weighted by Crippen LogP contribution is 2.13. The SMILES string of the molecule is CCCCN1C=CC(O)N(CCCC)C1=O. The van der Waals surface area contributed by atoms with Gasteiger partial charge in [-0.25, -0.2) is 4.79 Å². The summed E-state index contributed by atoms with van der Waals surface area (Å²) in [5.74, 6) is 0. The molecule has 4 nitrogen and oxygen atoms in total. The average molecular weight is 226 g/mol. The topological polar surface area (TPSA) is 43.8 Å². The van der Waals surface area contributed by atoms with Crippen molar-refractivity contribution < 1.29 is 9.90 Å². The highest BCUT2D eigenvalue weighted by atomic mass is 16.3. The molecule has 1 atom stereocenters. The third-order valence-corrected chi connectivity index (χ3v) is 2.75. The predicted molar refractivity (Wildman–Crippen MR) is 63.8 cm³/mol. The fraction of sp³-hybridized carbons (Fsp3) is 0.750. The van der Waals surface area contributed by atoms with Crippen molar-refractivity contribution in [1.29, 1.82) is 0 Å². The van der Waals surface area contributed by atoms with Crippen LogP contribution < -0.4 is 0 Å². The minimum atomic E-state index is -0.753. The lowest BCUT2D eigenvalue weighted by molar-refractivity contribution is 0.0447. The van der Waals surface area contributed by atoms with Crippen LogP contribution >= 0.6 is 0 Å². The minimum Gasteiger partial charge on any atom is -0.370 e. The van der Waals surface area contributed by atoms with Crippen LogP contribution in [0.1, 0.15) is 39.5 Å². The summed E-state index contributed by atoms with van der Waals surface area (Å²) in [6, 6.07) is -0.0723. The van der Waals surface area contributed by atoms with E-state index in [1.807, 2.05) is 0 Å². The zero-order valence-electron chi connectivity index (χ0n) is 10.2. The second-order valence-electron chi connectivity index (χ2n) is 4.13. The summed E-state index contributed by atoms with van der Waals surface area (Å²) in [4.78, 5) is 15.2. The van der Waals surface area contributed by atoms with Gasteiger partial charge in [-0.05, 0) is 18.9 Å². The number of unbranched alkanes of at least 4 members (excludes halogenated alkanes) is 2. The fourth-order valence-electron chi connectivity index (χ4n) is 1.68. The lowest BCUT2D eigenvalue weighted by Crippen LogP contribution is -2.49. The molecule has 92 valence electrons. The van der Waals surface area contributed by atoms with E-state index in [1.165, 1.54) is 4.90 Å². The second-order valence-corrected chi connectivity index (χ2v) is 4.13. The first-order valence-electron chi connectivity index (χ1n) is 6.14. The van der Waals surface area contributed by atoms with Gasteiger partial charge in [0.15, 0.2) is 6.23 Å². The minimum absolute atomic E-state index is 0.0723. The zero-order valence-corrected chi connectivity index (χ0v) is 10.2. The van der Waals surface area contributed by atoms with Gasteiger partial charge in [-0.2, -0.15) is 0 Å². The molecule has 0 spiro atoms. The molecule has 16 heavy (non-hydrogen) atoms. The van der Waals surface area contributed by atoms with E-state index >= 15 is 0 Å². The largest absolute Gasteiger partial charge is 0.370 e.